The summed E-state index contributed by atoms with van der Waals surface area (Å²) < 4.78 is 111. The maximum Gasteiger partial charge on any atom is 0.306 e. The highest BCUT2D eigenvalue weighted by molar-refractivity contribution is 7.86. The molecule has 252 valence electrons. The quantitative estimate of drug-likeness (QED) is 0.166. The fourth-order valence-corrected chi connectivity index (χ4v) is 5.89. The third kappa shape index (κ3) is 9.21. The molecule has 4 aromatic carbocycles. The fourth-order valence-electron chi connectivity index (χ4n) is 4.51. The smallest absolute Gasteiger partial charge is 0.306 e. The van der Waals surface area contributed by atoms with Crippen molar-refractivity contribution in [3.8, 4) is 62.5 Å². The van der Waals surface area contributed by atoms with Crippen molar-refractivity contribution in [3.05, 3.63) is 78.4 Å². The molecule has 0 spiro atoms. The molecule has 16 heteroatoms. The molecule has 0 aromatic heterocycles. The fraction of sp³-hybridized carbons (Fsp3) is 0.226. The van der Waals surface area contributed by atoms with Crippen LogP contribution >= 0.6 is 0 Å². The monoisotopic (exact) mass is 708 g/mol. The molecule has 0 N–H and O–H groups in total. The first-order chi connectivity index (χ1) is 22.0. The second kappa shape index (κ2) is 14.0. The van der Waals surface area contributed by atoms with Gasteiger partial charge in [0, 0.05) is 5.56 Å². The van der Waals surface area contributed by atoms with Gasteiger partial charge in [-0.15, -0.1) is 0 Å². The SMILES string of the molecule is COc1cc(-c2cc(OC)c(-c3ccc(OCc4ccccc4)c(OS(C)(=O)=O)c3)c(OS(C)(=O)=O)c2OC)ccc1OS(C)(=O)=O. The van der Waals surface area contributed by atoms with Crippen LogP contribution in [-0.2, 0) is 37.0 Å². The average molecular weight is 709 g/mol. The highest BCUT2D eigenvalue weighted by Gasteiger charge is 2.28. The Hall–Kier alpha value is -4.67. The molecule has 0 bridgehead atoms. The Morgan fingerprint density at radius 3 is 1.64 bits per heavy atom. The highest BCUT2D eigenvalue weighted by Crippen LogP contribution is 2.52. The van der Waals surface area contributed by atoms with E-state index in [4.69, 9.17) is 31.5 Å². The largest absolute Gasteiger partial charge is 0.496 e. The number of methoxy groups -OCH3 is 3. The molecule has 0 amide bonds. The van der Waals surface area contributed by atoms with Crippen molar-refractivity contribution in [2.75, 3.05) is 40.1 Å². The number of hydrogen-bond donors (Lipinski definition) is 0. The summed E-state index contributed by atoms with van der Waals surface area (Å²) in [7, 11) is -8.15. The first kappa shape index (κ1) is 35.2. The van der Waals surface area contributed by atoms with Crippen LogP contribution in [0.1, 0.15) is 5.56 Å². The number of benzene rings is 4. The van der Waals surface area contributed by atoms with E-state index in [0.717, 1.165) is 24.3 Å². The standard InChI is InChI=1S/C31H32O13S3/c1-38-26-16-21(12-15-25(26)42-45(4,32)33)23-18-28(39-2)29(31(30(23)40-3)44-47(6,36)37)22-13-14-24(27(17-22)43-46(5,34)35)41-19-20-10-8-7-9-11-20/h7-18H,19H2,1-6H3. The zero-order valence-corrected chi connectivity index (χ0v) is 28.6. The van der Waals surface area contributed by atoms with Crippen LogP contribution in [0.2, 0.25) is 0 Å². The molecule has 0 heterocycles. The Labute approximate surface area is 273 Å². The summed E-state index contributed by atoms with van der Waals surface area (Å²) in [4.78, 5) is 0. The van der Waals surface area contributed by atoms with Gasteiger partial charge in [0.05, 0.1) is 45.7 Å². The van der Waals surface area contributed by atoms with Gasteiger partial charge < -0.3 is 31.5 Å². The molecule has 0 aliphatic rings. The number of ether oxygens (including phenoxy) is 4. The summed E-state index contributed by atoms with van der Waals surface area (Å²) in [5.74, 6) is -0.359. The van der Waals surface area contributed by atoms with Crippen LogP contribution in [0.3, 0.4) is 0 Å². The first-order valence-corrected chi connectivity index (χ1v) is 18.9. The Morgan fingerprint density at radius 2 is 1.06 bits per heavy atom. The number of rotatable bonds is 14. The Bertz CT molecular complexity index is 2090. The number of hydrogen-bond acceptors (Lipinski definition) is 13. The van der Waals surface area contributed by atoms with E-state index in [1.165, 1.54) is 57.7 Å². The zero-order chi connectivity index (χ0) is 34.6. The molecular weight excluding hydrogens is 677 g/mol. The van der Waals surface area contributed by atoms with E-state index in [-0.39, 0.29) is 63.5 Å². The van der Waals surface area contributed by atoms with E-state index in [1.54, 1.807) is 6.07 Å². The van der Waals surface area contributed by atoms with Gasteiger partial charge in [0.15, 0.2) is 34.5 Å². The van der Waals surface area contributed by atoms with Gasteiger partial charge in [0.25, 0.3) is 0 Å². The van der Waals surface area contributed by atoms with Crippen LogP contribution in [0, 0.1) is 0 Å². The van der Waals surface area contributed by atoms with Crippen molar-refractivity contribution >= 4 is 30.4 Å². The molecule has 0 aliphatic carbocycles. The summed E-state index contributed by atoms with van der Waals surface area (Å²) in [6, 6.07) is 19.4. The Balaban J connectivity index is 1.95. The lowest BCUT2D eigenvalue weighted by molar-refractivity contribution is 0.296. The second-order valence-electron chi connectivity index (χ2n) is 10.0. The van der Waals surface area contributed by atoms with E-state index < -0.39 is 30.4 Å². The van der Waals surface area contributed by atoms with E-state index in [9.17, 15) is 25.3 Å². The molecule has 0 atom stereocenters. The maximum atomic E-state index is 12.6. The van der Waals surface area contributed by atoms with Gasteiger partial charge in [-0.05, 0) is 47.0 Å². The summed E-state index contributed by atoms with van der Waals surface area (Å²) in [5.41, 5.74) is 1.78. The molecule has 0 saturated carbocycles. The second-order valence-corrected chi connectivity index (χ2v) is 14.8. The average Bonchev–Trinajstić information content (AvgIpc) is 2.98. The maximum absolute atomic E-state index is 12.6. The summed E-state index contributed by atoms with van der Waals surface area (Å²) in [5, 5.41) is 0. The van der Waals surface area contributed by atoms with Gasteiger partial charge in [-0.2, -0.15) is 25.3 Å². The van der Waals surface area contributed by atoms with Crippen LogP contribution in [0.5, 0.6) is 40.2 Å². The van der Waals surface area contributed by atoms with Crippen LogP contribution in [-0.4, -0.2) is 65.4 Å². The molecule has 13 nitrogen and oxygen atoms in total. The van der Waals surface area contributed by atoms with Crippen molar-refractivity contribution in [1.29, 1.82) is 0 Å². The minimum Gasteiger partial charge on any atom is -0.496 e. The van der Waals surface area contributed by atoms with Gasteiger partial charge in [-0.1, -0.05) is 42.5 Å². The summed E-state index contributed by atoms with van der Waals surface area (Å²) in [6.07, 6.45) is 2.60. The molecular formula is C31H32O13S3. The van der Waals surface area contributed by atoms with Gasteiger partial charge in [-0.25, -0.2) is 0 Å². The van der Waals surface area contributed by atoms with Crippen LogP contribution in [0.25, 0.3) is 22.3 Å². The minimum absolute atomic E-state index is 0.0530. The van der Waals surface area contributed by atoms with Crippen molar-refractivity contribution in [3.63, 3.8) is 0 Å². The summed E-state index contributed by atoms with van der Waals surface area (Å²) in [6.45, 7) is 0.103. The lowest BCUT2D eigenvalue weighted by atomic mass is 9.96. The molecule has 4 rings (SSSR count). The molecule has 4 aromatic rings. The lowest BCUT2D eigenvalue weighted by Gasteiger charge is -2.21. The van der Waals surface area contributed by atoms with Crippen molar-refractivity contribution in [1.82, 2.24) is 0 Å². The van der Waals surface area contributed by atoms with Gasteiger partial charge >= 0.3 is 30.4 Å². The van der Waals surface area contributed by atoms with Crippen molar-refractivity contribution < 1.29 is 56.8 Å². The Morgan fingerprint density at radius 1 is 0.511 bits per heavy atom. The summed E-state index contributed by atoms with van der Waals surface area (Å²) >= 11 is 0. The predicted octanol–water partition coefficient (Wildman–Crippen LogP) is 4.64. The van der Waals surface area contributed by atoms with E-state index in [1.807, 2.05) is 30.3 Å². The topological polar surface area (TPSA) is 167 Å². The third-order valence-electron chi connectivity index (χ3n) is 6.28. The first-order valence-electron chi connectivity index (χ1n) is 13.5. The Kier molecular flexibility index (Phi) is 10.5. The lowest BCUT2D eigenvalue weighted by Crippen LogP contribution is -2.10. The van der Waals surface area contributed by atoms with E-state index >= 15 is 0 Å². The van der Waals surface area contributed by atoms with E-state index in [2.05, 4.69) is 0 Å². The van der Waals surface area contributed by atoms with Crippen LogP contribution < -0.4 is 31.5 Å². The minimum atomic E-state index is -4.19. The predicted molar refractivity (Wildman–Crippen MR) is 174 cm³/mol. The van der Waals surface area contributed by atoms with Crippen molar-refractivity contribution in [2.24, 2.45) is 0 Å². The van der Waals surface area contributed by atoms with Gasteiger partial charge in [-0.3, -0.25) is 0 Å². The molecule has 0 aliphatic heterocycles. The highest BCUT2D eigenvalue weighted by atomic mass is 32.2. The molecule has 0 fully saturated rings. The molecule has 0 saturated heterocycles. The third-order valence-corrected chi connectivity index (χ3v) is 7.72. The normalized spacial score (nSPS) is 11.8. The van der Waals surface area contributed by atoms with Crippen LogP contribution in [0.4, 0.5) is 0 Å². The van der Waals surface area contributed by atoms with Crippen molar-refractivity contribution in [2.45, 2.75) is 6.61 Å². The van der Waals surface area contributed by atoms with Crippen LogP contribution in [0.15, 0.2) is 72.8 Å². The molecule has 0 radical (unpaired) electrons. The van der Waals surface area contributed by atoms with Gasteiger partial charge in [0.1, 0.15) is 12.4 Å². The zero-order valence-electron chi connectivity index (χ0n) is 26.2. The van der Waals surface area contributed by atoms with Gasteiger partial charge in [0.2, 0.25) is 0 Å². The molecule has 47 heavy (non-hydrogen) atoms. The van der Waals surface area contributed by atoms with E-state index in [0.29, 0.717) is 5.56 Å². The molecule has 0 unspecified atom stereocenters.